The van der Waals surface area contributed by atoms with Gasteiger partial charge in [-0.05, 0) is 45.1 Å². The molecule has 2 rings (SSSR count). The van der Waals surface area contributed by atoms with Crippen molar-refractivity contribution < 1.29 is 9.53 Å². The highest BCUT2D eigenvalue weighted by atomic mass is 16.5. The summed E-state index contributed by atoms with van der Waals surface area (Å²) in [6.07, 6.45) is 2.36. The van der Waals surface area contributed by atoms with Gasteiger partial charge in [-0.25, -0.2) is 4.79 Å². The Kier molecular flexibility index (Phi) is 4.49. The predicted molar refractivity (Wildman–Crippen MR) is 81.1 cm³/mol. The maximum atomic E-state index is 11.7. The van der Waals surface area contributed by atoms with Crippen molar-refractivity contribution in [3.05, 3.63) is 23.8 Å². The van der Waals surface area contributed by atoms with E-state index in [1.165, 1.54) is 13.5 Å². The van der Waals surface area contributed by atoms with Crippen molar-refractivity contribution >= 4 is 17.3 Å². The molecule has 0 radical (unpaired) electrons. The molecule has 1 fully saturated rings. The van der Waals surface area contributed by atoms with Crippen LogP contribution in [0, 0.1) is 0 Å². The first-order valence-electron chi connectivity index (χ1n) is 6.92. The van der Waals surface area contributed by atoms with Crippen LogP contribution >= 0.6 is 0 Å². The second-order valence-corrected chi connectivity index (χ2v) is 5.47. The van der Waals surface area contributed by atoms with Crippen LogP contribution in [0.4, 0.5) is 11.4 Å². The van der Waals surface area contributed by atoms with Crippen LogP contribution in [-0.4, -0.2) is 51.2 Å². The first-order valence-corrected chi connectivity index (χ1v) is 6.92. The highest BCUT2D eigenvalue weighted by Crippen LogP contribution is 2.25. The summed E-state index contributed by atoms with van der Waals surface area (Å²) in [6.45, 7) is 1.98. The highest BCUT2D eigenvalue weighted by molar-refractivity contribution is 5.96. The van der Waals surface area contributed by atoms with Crippen molar-refractivity contribution in [2.45, 2.75) is 18.9 Å². The van der Waals surface area contributed by atoms with E-state index < -0.39 is 0 Å². The molecule has 1 heterocycles. The predicted octanol–water partition coefficient (Wildman–Crippen LogP) is 1.59. The fourth-order valence-electron chi connectivity index (χ4n) is 2.64. The van der Waals surface area contributed by atoms with Crippen molar-refractivity contribution in [3.8, 4) is 0 Å². The molecule has 1 unspecified atom stereocenters. The Morgan fingerprint density at radius 2 is 2.20 bits per heavy atom. The lowest BCUT2D eigenvalue weighted by Crippen LogP contribution is -2.45. The van der Waals surface area contributed by atoms with E-state index in [-0.39, 0.29) is 5.97 Å². The Morgan fingerprint density at radius 3 is 2.85 bits per heavy atom. The number of nitrogen functional groups attached to an aromatic ring is 1. The molecule has 0 aliphatic carbocycles. The van der Waals surface area contributed by atoms with Gasteiger partial charge in [0.05, 0.1) is 12.7 Å². The number of rotatable bonds is 3. The lowest BCUT2D eigenvalue weighted by molar-refractivity contribution is 0.0602. The van der Waals surface area contributed by atoms with Gasteiger partial charge in [-0.2, -0.15) is 0 Å². The quantitative estimate of drug-likeness (QED) is 0.671. The maximum absolute atomic E-state index is 11.7. The van der Waals surface area contributed by atoms with Gasteiger partial charge in [0, 0.05) is 30.5 Å². The number of hydrogen-bond acceptors (Lipinski definition) is 5. The largest absolute Gasteiger partial charge is 0.465 e. The Labute approximate surface area is 120 Å². The number of piperidine rings is 1. The van der Waals surface area contributed by atoms with Gasteiger partial charge in [-0.3, -0.25) is 0 Å². The third-order valence-corrected chi connectivity index (χ3v) is 3.93. The third kappa shape index (κ3) is 3.04. The van der Waals surface area contributed by atoms with Crippen molar-refractivity contribution in [3.63, 3.8) is 0 Å². The van der Waals surface area contributed by atoms with Crippen LogP contribution in [0.5, 0.6) is 0 Å². The average Bonchev–Trinajstić information content (AvgIpc) is 2.47. The topological polar surface area (TPSA) is 58.8 Å². The number of likely N-dealkylation sites (N-methyl/N-ethyl adjacent to an activating group) is 1. The Balaban J connectivity index is 2.22. The Morgan fingerprint density at radius 1 is 1.45 bits per heavy atom. The normalized spacial score (nSPS) is 19.2. The second kappa shape index (κ2) is 6.13. The molecule has 0 saturated carbocycles. The number of nitrogens with zero attached hydrogens (tertiary/aromatic N) is 2. The number of ether oxygens (including phenoxy) is 1. The summed E-state index contributed by atoms with van der Waals surface area (Å²) in [7, 11) is 5.59. The lowest BCUT2D eigenvalue weighted by Gasteiger charge is -2.37. The summed E-state index contributed by atoms with van der Waals surface area (Å²) in [6, 6.07) is 6.13. The van der Waals surface area contributed by atoms with E-state index in [0.29, 0.717) is 17.3 Å². The minimum absolute atomic E-state index is 0.384. The summed E-state index contributed by atoms with van der Waals surface area (Å²) in [5.41, 5.74) is 7.78. The second-order valence-electron chi connectivity index (χ2n) is 5.47. The summed E-state index contributed by atoms with van der Waals surface area (Å²) >= 11 is 0. The van der Waals surface area contributed by atoms with Crippen LogP contribution in [0.3, 0.4) is 0 Å². The van der Waals surface area contributed by atoms with Crippen LogP contribution in [0.25, 0.3) is 0 Å². The Bertz CT molecular complexity index is 488. The molecule has 20 heavy (non-hydrogen) atoms. The number of methoxy groups -OCH3 is 1. The first kappa shape index (κ1) is 14.7. The molecule has 0 bridgehead atoms. The van der Waals surface area contributed by atoms with Crippen molar-refractivity contribution in [2.75, 3.05) is 44.9 Å². The van der Waals surface area contributed by atoms with Crippen LogP contribution in [0.2, 0.25) is 0 Å². The van der Waals surface area contributed by atoms with Crippen molar-refractivity contribution in [1.29, 1.82) is 0 Å². The molecule has 1 atom stereocenters. The summed E-state index contributed by atoms with van der Waals surface area (Å²) < 4.78 is 4.77. The van der Waals surface area contributed by atoms with Crippen LogP contribution in [-0.2, 0) is 4.74 Å². The number of benzene rings is 1. The van der Waals surface area contributed by atoms with Crippen LogP contribution in [0.1, 0.15) is 23.2 Å². The minimum Gasteiger partial charge on any atom is -0.465 e. The molecule has 0 aromatic heterocycles. The fourth-order valence-corrected chi connectivity index (χ4v) is 2.64. The Hall–Kier alpha value is -1.75. The molecule has 2 N–H and O–H groups in total. The van der Waals surface area contributed by atoms with E-state index in [0.717, 1.165) is 25.2 Å². The van der Waals surface area contributed by atoms with Gasteiger partial charge in [0.1, 0.15) is 0 Å². The molecule has 1 aromatic rings. The highest BCUT2D eigenvalue weighted by Gasteiger charge is 2.22. The SMILES string of the molecule is COC(=O)c1cc(N2CCCC(N(C)C)C2)ccc1N. The zero-order chi connectivity index (χ0) is 14.7. The summed E-state index contributed by atoms with van der Waals surface area (Å²) in [4.78, 5) is 16.3. The van der Waals surface area contributed by atoms with Crippen LogP contribution in [0.15, 0.2) is 18.2 Å². The number of carbonyl (C=O) groups excluding carboxylic acids is 1. The lowest BCUT2D eigenvalue weighted by atomic mass is 10.0. The zero-order valence-corrected chi connectivity index (χ0v) is 12.4. The van der Waals surface area contributed by atoms with Gasteiger partial charge >= 0.3 is 5.97 Å². The van der Waals surface area contributed by atoms with E-state index in [1.807, 2.05) is 12.1 Å². The number of anilines is 2. The minimum atomic E-state index is -0.384. The summed E-state index contributed by atoms with van der Waals surface area (Å²) in [5.74, 6) is -0.384. The number of esters is 1. The fraction of sp³-hybridized carbons (Fsp3) is 0.533. The van der Waals surface area contributed by atoms with Gasteiger partial charge in [-0.15, -0.1) is 0 Å². The maximum Gasteiger partial charge on any atom is 0.340 e. The molecular weight excluding hydrogens is 254 g/mol. The monoisotopic (exact) mass is 277 g/mol. The average molecular weight is 277 g/mol. The molecule has 1 saturated heterocycles. The molecular formula is C15H23N3O2. The van der Waals surface area contributed by atoms with Gasteiger partial charge in [0.2, 0.25) is 0 Å². The first-order chi connectivity index (χ1) is 9.52. The molecule has 110 valence electrons. The molecule has 0 amide bonds. The number of hydrogen-bond donors (Lipinski definition) is 1. The summed E-state index contributed by atoms with van der Waals surface area (Å²) in [5, 5.41) is 0. The zero-order valence-electron chi connectivity index (χ0n) is 12.4. The molecule has 1 aliphatic rings. The van der Waals surface area contributed by atoms with E-state index in [2.05, 4.69) is 23.9 Å². The third-order valence-electron chi connectivity index (χ3n) is 3.93. The molecule has 0 spiro atoms. The van der Waals surface area contributed by atoms with Gasteiger partial charge < -0.3 is 20.3 Å². The van der Waals surface area contributed by atoms with E-state index in [1.54, 1.807) is 6.07 Å². The standard InChI is InChI=1S/C15H23N3O2/c1-17(2)12-5-4-8-18(10-12)11-6-7-14(16)13(9-11)15(19)20-3/h6-7,9,12H,4-5,8,10,16H2,1-3H3. The van der Waals surface area contributed by atoms with E-state index in [9.17, 15) is 4.79 Å². The molecule has 5 heteroatoms. The van der Waals surface area contributed by atoms with Crippen LogP contribution < -0.4 is 10.6 Å². The van der Waals surface area contributed by atoms with Gasteiger partial charge in [0.15, 0.2) is 0 Å². The van der Waals surface area contributed by atoms with Gasteiger partial charge in [-0.1, -0.05) is 0 Å². The number of carbonyl (C=O) groups is 1. The molecule has 1 aliphatic heterocycles. The molecule has 5 nitrogen and oxygen atoms in total. The smallest absolute Gasteiger partial charge is 0.340 e. The van der Waals surface area contributed by atoms with E-state index >= 15 is 0 Å². The molecule has 1 aromatic carbocycles. The van der Waals surface area contributed by atoms with E-state index in [4.69, 9.17) is 10.5 Å². The number of nitrogens with two attached hydrogens (primary N) is 1. The van der Waals surface area contributed by atoms with Crippen molar-refractivity contribution in [1.82, 2.24) is 4.90 Å². The van der Waals surface area contributed by atoms with Gasteiger partial charge in [0.25, 0.3) is 0 Å². The van der Waals surface area contributed by atoms with Crippen molar-refractivity contribution in [2.24, 2.45) is 0 Å².